The topological polar surface area (TPSA) is 38.3 Å². The van der Waals surface area contributed by atoms with Gasteiger partial charge in [-0.05, 0) is 54.2 Å². The Kier molecular flexibility index (Phi) is 6.66. The fourth-order valence-electron chi connectivity index (χ4n) is 2.40. The van der Waals surface area contributed by atoms with Crippen molar-refractivity contribution in [3.8, 4) is 5.75 Å². The van der Waals surface area contributed by atoms with Gasteiger partial charge in [0.25, 0.3) is 5.91 Å². The lowest BCUT2D eigenvalue weighted by atomic mass is 10.0. The first-order chi connectivity index (χ1) is 12.2. The standard InChI is InChI=1S/C20H22F3NO2/c1-14(2)11-12-24-19(25)17-7-3-15(4-8-17)13-16-5-9-18(10-6-16)26-20(21,22)23/h3-10,14H,11-13H2,1-2H3,(H,24,25). The fraction of sp³-hybridized carbons (Fsp3) is 0.350. The number of halogens is 3. The lowest BCUT2D eigenvalue weighted by molar-refractivity contribution is -0.274. The van der Waals surface area contributed by atoms with Crippen LogP contribution in [0.5, 0.6) is 5.75 Å². The summed E-state index contributed by atoms with van der Waals surface area (Å²) in [5.74, 6) is 0.186. The van der Waals surface area contributed by atoms with E-state index in [0.717, 1.165) is 17.5 Å². The summed E-state index contributed by atoms with van der Waals surface area (Å²) in [4.78, 5) is 12.0. The van der Waals surface area contributed by atoms with Crippen LogP contribution in [0.1, 0.15) is 41.8 Å². The highest BCUT2D eigenvalue weighted by Crippen LogP contribution is 2.23. The first kappa shape index (κ1) is 19.8. The molecule has 0 saturated carbocycles. The van der Waals surface area contributed by atoms with E-state index in [0.29, 0.717) is 24.4 Å². The number of hydrogen-bond donors (Lipinski definition) is 1. The predicted octanol–water partition coefficient (Wildman–Crippen LogP) is 4.95. The van der Waals surface area contributed by atoms with Crippen molar-refractivity contribution < 1.29 is 22.7 Å². The molecule has 0 atom stereocenters. The highest BCUT2D eigenvalue weighted by Gasteiger charge is 2.30. The van der Waals surface area contributed by atoms with Crippen molar-refractivity contribution in [2.75, 3.05) is 6.54 Å². The molecule has 1 N–H and O–H groups in total. The zero-order chi connectivity index (χ0) is 19.2. The Morgan fingerprint density at radius 3 is 2.04 bits per heavy atom. The minimum atomic E-state index is -4.69. The molecular weight excluding hydrogens is 343 g/mol. The van der Waals surface area contributed by atoms with E-state index in [-0.39, 0.29) is 11.7 Å². The summed E-state index contributed by atoms with van der Waals surface area (Å²) >= 11 is 0. The van der Waals surface area contributed by atoms with Gasteiger partial charge in [0, 0.05) is 12.1 Å². The maximum absolute atomic E-state index is 12.2. The summed E-state index contributed by atoms with van der Waals surface area (Å²) in [6.07, 6.45) is -3.20. The van der Waals surface area contributed by atoms with Crippen molar-refractivity contribution in [1.29, 1.82) is 0 Å². The third kappa shape index (κ3) is 6.78. The van der Waals surface area contributed by atoms with Crippen LogP contribution >= 0.6 is 0 Å². The summed E-state index contributed by atoms with van der Waals surface area (Å²) in [7, 11) is 0. The average molecular weight is 365 g/mol. The number of carbonyl (C=O) groups excluding carboxylic acids is 1. The summed E-state index contributed by atoms with van der Waals surface area (Å²) in [5.41, 5.74) is 2.41. The van der Waals surface area contributed by atoms with Crippen LogP contribution in [-0.2, 0) is 6.42 Å². The quantitative estimate of drug-likeness (QED) is 0.754. The van der Waals surface area contributed by atoms with E-state index in [1.165, 1.54) is 12.1 Å². The van der Waals surface area contributed by atoms with Gasteiger partial charge in [-0.2, -0.15) is 0 Å². The summed E-state index contributed by atoms with van der Waals surface area (Å²) in [5, 5.41) is 2.88. The molecule has 0 bridgehead atoms. The second-order valence-electron chi connectivity index (χ2n) is 6.50. The van der Waals surface area contributed by atoms with Gasteiger partial charge in [0.2, 0.25) is 0 Å². The normalized spacial score (nSPS) is 11.5. The molecule has 2 aromatic carbocycles. The van der Waals surface area contributed by atoms with Gasteiger partial charge in [0.15, 0.2) is 0 Å². The number of benzene rings is 2. The van der Waals surface area contributed by atoms with Crippen LogP contribution in [-0.4, -0.2) is 18.8 Å². The lowest BCUT2D eigenvalue weighted by Crippen LogP contribution is -2.25. The number of carbonyl (C=O) groups is 1. The highest BCUT2D eigenvalue weighted by atomic mass is 19.4. The molecule has 0 radical (unpaired) electrons. The van der Waals surface area contributed by atoms with Crippen LogP contribution in [0.3, 0.4) is 0 Å². The maximum Gasteiger partial charge on any atom is 0.573 e. The summed E-state index contributed by atoms with van der Waals surface area (Å²) in [6, 6.07) is 13.0. The fourth-order valence-corrected chi connectivity index (χ4v) is 2.40. The van der Waals surface area contributed by atoms with Crippen LogP contribution in [0.4, 0.5) is 13.2 Å². The Labute approximate surface area is 151 Å². The monoisotopic (exact) mass is 365 g/mol. The zero-order valence-corrected chi connectivity index (χ0v) is 14.8. The summed E-state index contributed by atoms with van der Waals surface area (Å²) < 4.78 is 40.3. The molecule has 0 aliphatic rings. The molecule has 2 rings (SSSR count). The molecule has 0 heterocycles. The third-order valence-corrected chi connectivity index (χ3v) is 3.79. The maximum atomic E-state index is 12.2. The van der Waals surface area contributed by atoms with Gasteiger partial charge < -0.3 is 10.1 Å². The molecule has 0 aromatic heterocycles. The van der Waals surface area contributed by atoms with E-state index in [9.17, 15) is 18.0 Å². The van der Waals surface area contributed by atoms with Gasteiger partial charge in [-0.25, -0.2) is 0 Å². The largest absolute Gasteiger partial charge is 0.573 e. The molecule has 6 heteroatoms. The molecule has 0 fully saturated rings. The first-order valence-corrected chi connectivity index (χ1v) is 8.45. The third-order valence-electron chi connectivity index (χ3n) is 3.79. The Hall–Kier alpha value is -2.50. The average Bonchev–Trinajstić information content (AvgIpc) is 2.55. The van der Waals surface area contributed by atoms with E-state index in [1.807, 2.05) is 12.1 Å². The van der Waals surface area contributed by atoms with Gasteiger partial charge in [0.1, 0.15) is 5.75 Å². The van der Waals surface area contributed by atoms with Crippen LogP contribution < -0.4 is 10.1 Å². The Balaban J connectivity index is 1.91. The molecular formula is C20H22F3NO2. The second kappa shape index (κ2) is 8.74. The minimum Gasteiger partial charge on any atom is -0.406 e. The van der Waals surface area contributed by atoms with Crippen molar-refractivity contribution in [2.24, 2.45) is 5.92 Å². The van der Waals surface area contributed by atoms with E-state index in [2.05, 4.69) is 23.9 Å². The van der Waals surface area contributed by atoms with Crippen LogP contribution in [0, 0.1) is 5.92 Å². The first-order valence-electron chi connectivity index (χ1n) is 8.45. The van der Waals surface area contributed by atoms with Crippen LogP contribution in [0.2, 0.25) is 0 Å². The smallest absolute Gasteiger partial charge is 0.406 e. The molecule has 140 valence electrons. The number of nitrogens with one attached hydrogen (secondary N) is 1. The van der Waals surface area contributed by atoms with E-state index >= 15 is 0 Å². The number of ether oxygens (including phenoxy) is 1. The van der Waals surface area contributed by atoms with Crippen molar-refractivity contribution in [2.45, 2.75) is 33.1 Å². The second-order valence-corrected chi connectivity index (χ2v) is 6.50. The molecule has 0 aliphatic carbocycles. The molecule has 0 saturated heterocycles. The van der Waals surface area contributed by atoms with Crippen molar-refractivity contribution >= 4 is 5.91 Å². The SMILES string of the molecule is CC(C)CCNC(=O)c1ccc(Cc2ccc(OC(F)(F)F)cc2)cc1. The van der Waals surface area contributed by atoms with Crippen molar-refractivity contribution in [3.05, 3.63) is 65.2 Å². The van der Waals surface area contributed by atoms with Gasteiger partial charge >= 0.3 is 6.36 Å². The number of alkyl halides is 3. The Morgan fingerprint density at radius 2 is 1.54 bits per heavy atom. The molecule has 0 unspecified atom stereocenters. The predicted molar refractivity (Wildman–Crippen MR) is 94.2 cm³/mol. The minimum absolute atomic E-state index is 0.106. The van der Waals surface area contributed by atoms with E-state index in [4.69, 9.17) is 0 Å². The Morgan fingerprint density at radius 1 is 1.00 bits per heavy atom. The number of hydrogen-bond acceptors (Lipinski definition) is 2. The molecule has 2 aromatic rings. The molecule has 3 nitrogen and oxygen atoms in total. The Bertz CT molecular complexity index is 707. The summed E-state index contributed by atoms with van der Waals surface area (Å²) in [6.45, 7) is 4.84. The molecule has 0 spiro atoms. The van der Waals surface area contributed by atoms with Crippen molar-refractivity contribution in [3.63, 3.8) is 0 Å². The van der Waals surface area contributed by atoms with Gasteiger partial charge in [-0.3, -0.25) is 4.79 Å². The zero-order valence-electron chi connectivity index (χ0n) is 14.8. The lowest BCUT2D eigenvalue weighted by Gasteiger charge is -2.10. The molecule has 0 aliphatic heterocycles. The molecule has 26 heavy (non-hydrogen) atoms. The number of rotatable bonds is 7. The van der Waals surface area contributed by atoms with Gasteiger partial charge in [0.05, 0.1) is 0 Å². The van der Waals surface area contributed by atoms with Crippen LogP contribution in [0.25, 0.3) is 0 Å². The van der Waals surface area contributed by atoms with Gasteiger partial charge in [-0.1, -0.05) is 38.1 Å². The van der Waals surface area contributed by atoms with E-state index < -0.39 is 6.36 Å². The van der Waals surface area contributed by atoms with Gasteiger partial charge in [-0.15, -0.1) is 13.2 Å². The van der Waals surface area contributed by atoms with E-state index in [1.54, 1.807) is 24.3 Å². The highest BCUT2D eigenvalue weighted by molar-refractivity contribution is 5.94. The van der Waals surface area contributed by atoms with Crippen molar-refractivity contribution in [1.82, 2.24) is 5.32 Å². The molecule has 1 amide bonds. The number of amides is 1. The van der Waals surface area contributed by atoms with Crippen LogP contribution in [0.15, 0.2) is 48.5 Å².